The standard InChI is InChI=1S/C24H32N2O4/c1-23(2,3)29-21(27)25-19(17-13-9-7-10-14-17)20(18-15-11-8-12-16-18)26-22(28)30-24(4,5)6/h7-16,19-20H,1-6H3,(H,25,27)(H,26,28)/t19-,20-/m1/s1. The molecular formula is C24H32N2O4. The lowest BCUT2D eigenvalue weighted by atomic mass is 9.93. The van der Waals surface area contributed by atoms with E-state index in [2.05, 4.69) is 10.6 Å². The lowest BCUT2D eigenvalue weighted by Gasteiger charge is -2.31. The van der Waals surface area contributed by atoms with Gasteiger partial charge in [0.25, 0.3) is 0 Å². The maximum absolute atomic E-state index is 12.6. The second-order valence-electron chi connectivity index (χ2n) is 9.07. The van der Waals surface area contributed by atoms with Gasteiger partial charge >= 0.3 is 12.2 Å². The molecule has 0 radical (unpaired) electrons. The Labute approximate surface area is 179 Å². The fourth-order valence-electron chi connectivity index (χ4n) is 2.91. The molecule has 2 aromatic rings. The Kier molecular flexibility index (Phi) is 7.48. The van der Waals surface area contributed by atoms with Gasteiger partial charge in [0.15, 0.2) is 0 Å². The van der Waals surface area contributed by atoms with Crippen LogP contribution in [0.4, 0.5) is 9.59 Å². The highest BCUT2D eigenvalue weighted by atomic mass is 16.6. The predicted octanol–water partition coefficient (Wildman–Crippen LogP) is 5.52. The molecule has 0 aliphatic heterocycles. The lowest BCUT2D eigenvalue weighted by Crippen LogP contribution is -2.44. The minimum absolute atomic E-state index is 0.566. The monoisotopic (exact) mass is 412 g/mol. The fourth-order valence-corrected chi connectivity index (χ4v) is 2.91. The fraction of sp³-hybridized carbons (Fsp3) is 0.417. The molecule has 2 rings (SSSR count). The summed E-state index contributed by atoms with van der Waals surface area (Å²) >= 11 is 0. The molecule has 2 aromatic carbocycles. The van der Waals surface area contributed by atoms with E-state index in [9.17, 15) is 9.59 Å². The summed E-state index contributed by atoms with van der Waals surface area (Å²) in [5, 5.41) is 5.85. The Morgan fingerprint density at radius 2 is 0.933 bits per heavy atom. The SMILES string of the molecule is CC(C)(C)OC(=O)N[C@H](c1ccccc1)[C@H](NC(=O)OC(C)(C)C)c1ccccc1. The Morgan fingerprint density at radius 3 is 1.20 bits per heavy atom. The number of carbonyl (C=O) groups excluding carboxylic acids is 2. The summed E-state index contributed by atoms with van der Waals surface area (Å²) < 4.78 is 10.9. The number of alkyl carbamates (subject to hydrolysis) is 2. The molecule has 0 fully saturated rings. The predicted molar refractivity (Wildman–Crippen MR) is 117 cm³/mol. The lowest BCUT2D eigenvalue weighted by molar-refractivity contribution is 0.0427. The molecule has 0 aliphatic rings. The molecule has 6 heteroatoms. The summed E-state index contributed by atoms with van der Waals surface area (Å²) in [5.74, 6) is 0. The van der Waals surface area contributed by atoms with Gasteiger partial charge < -0.3 is 20.1 Å². The molecule has 30 heavy (non-hydrogen) atoms. The quantitative estimate of drug-likeness (QED) is 0.678. The van der Waals surface area contributed by atoms with Gasteiger partial charge in [-0.3, -0.25) is 0 Å². The van der Waals surface area contributed by atoms with Gasteiger partial charge in [0.05, 0.1) is 12.1 Å². The summed E-state index contributed by atoms with van der Waals surface area (Å²) in [7, 11) is 0. The minimum atomic E-state index is -0.647. The number of carbonyl (C=O) groups is 2. The largest absolute Gasteiger partial charge is 0.444 e. The molecular weight excluding hydrogens is 380 g/mol. The molecule has 0 spiro atoms. The van der Waals surface area contributed by atoms with Crippen molar-refractivity contribution in [2.75, 3.05) is 0 Å². The molecule has 0 aromatic heterocycles. The number of hydrogen-bond acceptors (Lipinski definition) is 4. The molecule has 0 heterocycles. The molecule has 0 saturated heterocycles. The van der Waals surface area contributed by atoms with Crippen LogP contribution in [0, 0.1) is 0 Å². The van der Waals surface area contributed by atoms with Gasteiger partial charge in [-0.25, -0.2) is 9.59 Å². The van der Waals surface area contributed by atoms with Crippen LogP contribution in [0.15, 0.2) is 60.7 Å². The molecule has 6 nitrogen and oxygen atoms in total. The van der Waals surface area contributed by atoms with Gasteiger partial charge in [0.1, 0.15) is 11.2 Å². The zero-order valence-corrected chi connectivity index (χ0v) is 18.6. The average Bonchev–Trinajstić information content (AvgIpc) is 2.63. The van der Waals surface area contributed by atoms with Crippen molar-refractivity contribution in [1.29, 1.82) is 0 Å². The van der Waals surface area contributed by atoms with Crippen LogP contribution in [-0.2, 0) is 9.47 Å². The Hall–Kier alpha value is -3.02. The van der Waals surface area contributed by atoms with Crippen LogP contribution < -0.4 is 10.6 Å². The first-order valence-corrected chi connectivity index (χ1v) is 10.0. The van der Waals surface area contributed by atoms with Crippen LogP contribution >= 0.6 is 0 Å². The first-order chi connectivity index (χ1) is 13.9. The third-order valence-corrected chi connectivity index (χ3v) is 4.00. The molecule has 0 bridgehead atoms. The molecule has 2 N–H and O–H groups in total. The molecule has 0 aliphatic carbocycles. The number of rotatable bonds is 5. The van der Waals surface area contributed by atoms with Crippen molar-refractivity contribution in [2.45, 2.75) is 64.8 Å². The van der Waals surface area contributed by atoms with Crippen LogP contribution in [0.25, 0.3) is 0 Å². The van der Waals surface area contributed by atoms with Crippen LogP contribution in [0.1, 0.15) is 64.8 Å². The second-order valence-corrected chi connectivity index (χ2v) is 9.07. The maximum atomic E-state index is 12.6. The Morgan fingerprint density at radius 1 is 0.633 bits per heavy atom. The minimum Gasteiger partial charge on any atom is -0.444 e. The van der Waals surface area contributed by atoms with E-state index in [1.165, 1.54) is 0 Å². The maximum Gasteiger partial charge on any atom is 0.408 e. The number of ether oxygens (including phenoxy) is 2. The first kappa shape index (κ1) is 23.3. The number of hydrogen-bond donors (Lipinski definition) is 2. The first-order valence-electron chi connectivity index (χ1n) is 10.0. The molecule has 162 valence electrons. The van der Waals surface area contributed by atoms with Crippen molar-refractivity contribution >= 4 is 12.2 Å². The number of amides is 2. The topological polar surface area (TPSA) is 76.7 Å². The van der Waals surface area contributed by atoms with Crippen LogP contribution in [-0.4, -0.2) is 23.4 Å². The van der Waals surface area contributed by atoms with Gasteiger partial charge in [-0.05, 0) is 52.7 Å². The normalized spacial score (nSPS) is 13.7. The van der Waals surface area contributed by atoms with Crippen molar-refractivity contribution in [2.24, 2.45) is 0 Å². The zero-order chi connectivity index (χ0) is 22.4. The van der Waals surface area contributed by atoms with Crippen molar-refractivity contribution in [3.05, 3.63) is 71.8 Å². The van der Waals surface area contributed by atoms with E-state index in [1.807, 2.05) is 60.7 Å². The Bertz CT molecular complexity index is 752. The van der Waals surface area contributed by atoms with Crippen molar-refractivity contribution < 1.29 is 19.1 Å². The molecule has 0 saturated carbocycles. The van der Waals surface area contributed by atoms with E-state index >= 15 is 0 Å². The zero-order valence-electron chi connectivity index (χ0n) is 18.6. The van der Waals surface area contributed by atoms with Crippen molar-refractivity contribution in [1.82, 2.24) is 10.6 Å². The van der Waals surface area contributed by atoms with Gasteiger partial charge in [-0.1, -0.05) is 60.7 Å². The highest BCUT2D eigenvalue weighted by Crippen LogP contribution is 2.30. The van der Waals surface area contributed by atoms with Gasteiger partial charge in [0.2, 0.25) is 0 Å². The van der Waals surface area contributed by atoms with E-state index in [-0.39, 0.29) is 0 Å². The van der Waals surface area contributed by atoms with E-state index in [4.69, 9.17) is 9.47 Å². The molecule has 2 atom stereocenters. The van der Waals surface area contributed by atoms with Crippen LogP contribution in [0.5, 0.6) is 0 Å². The van der Waals surface area contributed by atoms with Gasteiger partial charge in [0, 0.05) is 0 Å². The summed E-state index contributed by atoms with van der Waals surface area (Å²) in [6, 6.07) is 17.8. The number of nitrogens with one attached hydrogen (secondary N) is 2. The summed E-state index contributed by atoms with van der Waals surface area (Å²) in [6.07, 6.45) is -1.13. The van der Waals surface area contributed by atoms with E-state index < -0.39 is 35.5 Å². The highest BCUT2D eigenvalue weighted by molar-refractivity contribution is 5.70. The van der Waals surface area contributed by atoms with Crippen LogP contribution in [0.3, 0.4) is 0 Å². The van der Waals surface area contributed by atoms with Crippen molar-refractivity contribution in [3.63, 3.8) is 0 Å². The Balaban J connectivity index is 2.41. The van der Waals surface area contributed by atoms with E-state index in [0.717, 1.165) is 11.1 Å². The average molecular weight is 413 g/mol. The highest BCUT2D eigenvalue weighted by Gasteiger charge is 2.31. The van der Waals surface area contributed by atoms with E-state index in [0.29, 0.717) is 0 Å². The smallest absolute Gasteiger partial charge is 0.408 e. The summed E-state index contributed by atoms with van der Waals surface area (Å²) in [5.41, 5.74) is 0.361. The molecule has 2 amide bonds. The van der Waals surface area contributed by atoms with Crippen LogP contribution in [0.2, 0.25) is 0 Å². The van der Waals surface area contributed by atoms with E-state index in [1.54, 1.807) is 41.5 Å². The summed E-state index contributed by atoms with van der Waals surface area (Å²) in [4.78, 5) is 25.2. The second kappa shape index (κ2) is 9.65. The van der Waals surface area contributed by atoms with Gasteiger partial charge in [-0.15, -0.1) is 0 Å². The van der Waals surface area contributed by atoms with Gasteiger partial charge in [-0.2, -0.15) is 0 Å². The third-order valence-electron chi connectivity index (χ3n) is 4.00. The summed E-state index contributed by atoms with van der Waals surface area (Å²) in [6.45, 7) is 10.8. The van der Waals surface area contributed by atoms with Crippen molar-refractivity contribution in [3.8, 4) is 0 Å². The third kappa shape index (κ3) is 7.78. The molecule has 0 unspecified atom stereocenters. The number of benzene rings is 2.